The van der Waals surface area contributed by atoms with Gasteiger partial charge in [-0.1, -0.05) is 11.6 Å². The van der Waals surface area contributed by atoms with Crippen LogP contribution in [0.15, 0.2) is 12.1 Å². The Hall–Kier alpha value is -0.580. The summed E-state index contributed by atoms with van der Waals surface area (Å²) in [5.74, 6) is 1.13. The van der Waals surface area contributed by atoms with E-state index in [0.717, 1.165) is 23.9 Å². The zero-order valence-electron chi connectivity index (χ0n) is 12.9. The molecule has 4 rings (SSSR count). The minimum atomic E-state index is 0.174. The van der Waals surface area contributed by atoms with E-state index in [2.05, 4.69) is 9.80 Å². The molecule has 1 spiro atoms. The second-order valence-corrected chi connectivity index (χ2v) is 9.08. The molecule has 22 heavy (non-hydrogen) atoms. The Kier molecular flexibility index (Phi) is 3.95. The molecule has 120 valence electrons. The largest absolute Gasteiger partial charge is 0.337 e. The highest BCUT2D eigenvalue weighted by Crippen LogP contribution is 2.41. The number of halogens is 1. The van der Waals surface area contributed by atoms with Gasteiger partial charge in [-0.3, -0.25) is 4.79 Å². The van der Waals surface area contributed by atoms with Crippen LogP contribution in [-0.4, -0.2) is 48.4 Å². The molecular formula is C17H23ClN2OS. The van der Waals surface area contributed by atoms with Gasteiger partial charge in [0.2, 0.25) is 0 Å². The molecule has 3 heterocycles. The van der Waals surface area contributed by atoms with Crippen LogP contribution in [0.5, 0.6) is 0 Å². The average molecular weight is 339 g/mol. The van der Waals surface area contributed by atoms with E-state index in [-0.39, 0.29) is 5.91 Å². The van der Waals surface area contributed by atoms with Crippen molar-refractivity contribution >= 4 is 28.8 Å². The molecule has 1 amide bonds. The standard InChI is InChI=1S/C17H23ClN2OS/c18-15-5-4-14(22-15)16(21)20-9-7-17(12-20)6-1-8-19(11-17)10-13-2-3-13/h4-5,13H,1-3,6-12H2/t17-/m1/s1. The van der Waals surface area contributed by atoms with Gasteiger partial charge >= 0.3 is 0 Å². The van der Waals surface area contributed by atoms with Gasteiger partial charge in [-0.2, -0.15) is 0 Å². The Balaban J connectivity index is 1.41. The molecule has 2 saturated heterocycles. The van der Waals surface area contributed by atoms with Crippen LogP contribution < -0.4 is 0 Å². The number of likely N-dealkylation sites (tertiary alicyclic amines) is 2. The molecule has 1 aliphatic carbocycles. The molecule has 2 aliphatic heterocycles. The number of amides is 1. The molecule has 0 unspecified atom stereocenters. The maximum Gasteiger partial charge on any atom is 0.263 e. The molecule has 5 heteroatoms. The molecule has 0 aromatic carbocycles. The molecule has 1 aromatic heterocycles. The summed E-state index contributed by atoms with van der Waals surface area (Å²) < 4.78 is 0.700. The number of hydrogen-bond acceptors (Lipinski definition) is 3. The molecular weight excluding hydrogens is 316 g/mol. The highest BCUT2D eigenvalue weighted by molar-refractivity contribution is 7.17. The van der Waals surface area contributed by atoms with Crippen LogP contribution in [0.1, 0.15) is 41.8 Å². The van der Waals surface area contributed by atoms with Crippen molar-refractivity contribution in [3.63, 3.8) is 0 Å². The topological polar surface area (TPSA) is 23.6 Å². The quantitative estimate of drug-likeness (QED) is 0.838. The molecule has 1 aromatic rings. The van der Waals surface area contributed by atoms with Gasteiger partial charge in [0.1, 0.15) is 0 Å². The Morgan fingerprint density at radius 1 is 1.27 bits per heavy atom. The van der Waals surface area contributed by atoms with Crippen molar-refractivity contribution in [1.82, 2.24) is 9.80 Å². The van der Waals surface area contributed by atoms with Gasteiger partial charge in [-0.05, 0) is 56.7 Å². The summed E-state index contributed by atoms with van der Waals surface area (Å²) in [6, 6.07) is 3.68. The van der Waals surface area contributed by atoms with Crippen molar-refractivity contribution in [3.05, 3.63) is 21.3 Å². The summed E-state index contributed by atoms with van der Waals surface area (Å²) in [7, 11) is 0. The lowest BCUT2D eigenvalue weighted by atomic mass is 9.79. The van der Waals surface area contributed by atoms with E-state index < -0.39 is 0 Å². The van der Waals surface area contributed by atoms with Crippen LogP contribution in [0.25, 0.3) is 0 Å². The first-order valence-electron chi connectivity index (χ1n) is 8.41. The lowest BCUT2D eigenvalue weighted by molar-refractivity contribution is 0.0685. The van der Waals surface area contributed by atoms with Crippen molar-refractivity contribution in [2.45, 2.75) is 32.1 Å². The lowest BCUT2D eigenvalue weighted by Gasteiger charge is -2.40. The number of hydrogen-bond donors (Lipinski definition) is 0. The first kappa shape index (κ1) is 15.0. The predicted octanol–water partition coefficient (Wildman–Crippen LogP) is 3.74. The van der Waals surface area contributed by atoms with Gasteiger partial charge in [0.15, 0.2) is 0 Å². The van der Waals surface area contributed by atoms with Gasteiger partial charge in [0.25, 0.3) is 5.91 Å². The summed E-state index contributed by atoms with van der Waals surface area (Å²) in [5.41, 5.74) is 0.351. The van der Waals surface area contributed by atoms with E-state index in [4.69, 9.17) is 11.6 Å². The summed E-state index contributed by atoms with van der Waals surface area (Å²) in [5, 5.41) is 0. The molecule has 1 saturated carbocycles. The molecule has 1 atom stereocenters. The first-order chi connectivity index (χ1) is 10.6. The summed E-state index contributed by atoms with van der Waals surface area (Å²) >= 11 is 7.37. The van der Waals surface area contributed by atoms with Crippen LogP contribution in [-0.2, 0) is 0 Å². The zero-order chi connectivity index (χ0) is 15.2. The van der Waals surface area contributed by atoms with Gasteiger partial charge in [-0.25, -0.2) is 0 Å². The number of thiophene rings is 1. The fraction of sp³-hybridized carbons (Fsp3) is 0.706. The van der Waals surface area contributed by atoms with Crippen LogP contribution >= 0.6 is 22.9 Å². The second kappa shape index (κ2) is 5.81. The maximum absolute atomic E-state index is 12.6. The monoisotopic (exact) mass is 338 g/mol. The van der Waals surface area contributed by atoms with Gasteiger partial charge in [0.05, 0.1) is 9.21 Å². The normalized spacial score (nSPS) is 29.4. The third kappa shape index (κ3) is 3.06. The number of nitrogens with zero attached hydrogens (tertiary/aromatic N) is 2. The Bertz CT molecular complexity index is 571. The van der Waals surface area contributed by atoms with E-state index in [0.29, 0.717) is 9.75 Å². The lowest BCUT2D eigenvalue weighted by Crippen LogP contribution is -2.45. The van der Waals surface area contributed by atoms with Crippen LogP contribution in [0.2, 0.25) is 4.34 Å². The van der Waals surface area contributed by atoms with Crippen LogP contribution in [0.3, 0.4) is 0 Å². The van der Waals surface area contributed by atoms with Gasteiger partial charge in [-0.15, -0.1) is 11.3 Å². The van der Waals surface area contributed by atoms with Gasteiger partial charge in [0, 0.05) is 31.6 Å². The summed E-state index contributed by atoms with van der Waals surface area (Å²) in [6.45, 7) is 5.58. The molecule has 3 fully saturated rings. The predicted molar refractivity (Wildman–Crippen MR) is 90.7 cm³/mol. The number of piperidine rings is 1. The maximum atomic E-state index is 12.6. The van der Waals surface area contributed by atoms with Crippen LogP contribution in [0, 0.1) is 11.3 Å². The van der Waals surface area contributed by atoms with E-state index in [1.807, 2.05) is 12.1 Å². The van der Waals surface area contributed by atoms with Crippen molar-refractivity contribution < 1.29 is 4.79 Å². The fourth-order valence-corrected chi connectivity index (χ4v) is 5.17. The van der Waals surface area contributed by atoms with Crippen molar-refractivity contribution in [1.29, 1.82) is 0 Å². The second-order valence-electron chi connectivity index (χ2n) is 7.36. The Morgan fingerprint density at radius 2 is 2.14 bits per heavy atom. The number of carbonyl (C=O) groups is 1. The summed E-state index contributed by atoms with van der Waals surface area (Å²) in [4.78, 5) is 18.1. The average Bonchev–Trinajstić information content (AvgIpc) is 3.06. The van der Waals surface area contributed by atoms with Crippen LogP contribution in [0.4, 0.5) is 0 Å². The van der Waals surface area contributed by atoms with E-state index in [9.17, 15) is 4.79 Å². The third-order valence-electron chi connectivity index (χ3n) is 5.46. The molecule has 0 bridgehead atoms. The Morgan fingerprint density at radius 3 is 2.86 bits per heavy atom. The number of rotatable bonds is 3. The highest BCUT2D eigenvalue weighted by Gasteiger charge is 2.43. The van der Waals surface area contributed by atoms with Crippen molar-refractivity contribution in [2.75, 3.05) is 32.7 Å². The number of carbonyl (C=O) groups excluding carboxylic acids is 1. The molecule has 0 radical (unpaired) electrons. The van der Waals surface area contributed by atoms with Crippen molar-refractivity contribution in [3.8, 4) is 0 Å². The van der Waals surface area contributed by atoms with E-state index in [1.165, 1.54) is 63.1 Å². The summed E-state index contributed by atoms with van der Waals surface area (Å²) in [6.07, 6.45) is 6.59. The third-order valence-corrected chi connectivity index (χ3v) is 6.68. The SMILES string of the molecule is O=C(c1ccc(Cl)s1)N1CC[C@@]2(CCCN(CC3CC3)C2)C1. The van der Waals surface area contributed by atoms with E-state index >= 15 is 0 Å². The minimum absolute atomic E-state index is 0.174. The Labute approximate surface area is 141 Å². The molecule has 0 N–H and O–H groups in total. The fourth-order valence-electron chi connectivity index (χ4n) is 4.16. The van der Waals surface area contributed by atoms with Crippen molar-refractivity contribution in [2.24, 2.45) is 11.3 Å². The van der Waals surface area contributed by atoms with Gasteiger partial charge < -0.3 is 9.80 Å². The minimum Gasteiger partial charge on any atom is -0.337 e. The van der Waals surface area contributed by atoms with E-state index in [1.54, 1.807) is 0 Å². The zero-order valence-corrected chi connectivity index (χ0v) is 14.5. The highest BCUT2D eigenvalue weighted by atomic mass is 35.5. The molecule has 3 nitrogen and oxygen atoms in total. The smallest absolute Gasteiger partial charge is 0.263 e. The first-order valence-corrected chi connectivity index (χ1v) is 9.60. The molecule has 3 aliphatic rings.